The molecular formula is C10H14O. The second-order valence-electron chi connectivity index (χ2n) is 4.53. The highest BCUT2D eigenvalue weighted by Gasteiger charge is 2.69. The van der Waals surface area contributed by atoms with Gasteiger partial charge in [0.25, 0.3) is 0 Å². The Morgan fingerprint density at radius 1 is 1.27 bits per heavy atom. The van der Waals surface area contributed by atoms with Crippen LogP contribution < -0.4 is 0 Å². The van der Waals surface area contributed by atoms with E-state index in [4.69, 9.17) is 0 Å². The van der Waals surface area contributed by atoms with E-state index in [0.717, 1.165) is 12.3 Å². The van der Waals surface area contributed by atoms with Crippen LogP contribution in [0.15, 0.2) is 0 Å². The third-order valence-electron chi connectivity index (χ3n) is 4.23. The summed E-state index contributed by atoms with van der Waals surface area (Å²) in [5, 5.41) is 0. The summed E-state index contributed by atoms with van der Waals surface area (Å²) >= 11 is 0. The standard InChI is InChI=1S/C10H14O/c11-8-4-3-7-9(8)10(7)5-1-2-6-10/h7,9H,1-6H2. The molecule has 11 heavy (non-hydrogen) atoms. The summed E-state index contributed by atoms with van der Waals surface area (Å²) in [7, 11) is 0. The van der Waals surface area contributed by atoms with E-state index in [1.54, 1.807) is 0 Å². The number of carbonyl (C=O) groups excluding carboxylic acids is 1. The van der Waals surface area contributed by atoms with Crippen LogP contribution in [0.2, 0.25) is 0 Å². The molecule has 60 valence electrons. The molecule has 3 aliphatic rings. The van der Waals surface area contributed by atoms with Crippen molar-refractivity contribution in [3.63, 3.8) is 0 Å². The summed E-state index contributed by atoms with van der Waals surface area (Å²) in [5.74, 6) is 1.99. The van der Waals surface area contributed by atoms with Crippen LogP contribution in [0, 0.1) is 17.3 Å². The summed E-state index contributed by atoms with van der Waals surface area (Å²) < 4.78 is 0. The topological polar surface area (TPSA) is 17.1 Å². The van der Waals surface area contributed by atoms with Gasteiger partial charge in [-0.15, -0.1) is 0 Å². The Kier molecular flexibility index (Phi) is 0.961. The van der Waals surface area contributed by atoms with Crippen molar-refractivity contribution >= 4 is 5.78 Å². The molecule has 0 amide bonds. The van der Waals surface area contributed by atoms with Gasteiger partial charge in [-0.1, -0.05) is 12.8 Å². The number of fused-ring (bicyclic) bond motifs is 3. The molecule has 3 fully saturated rings. The number of rotatable bonds is 0. The molecule has 3 aliphatic carbocycles. The van der Waals surface area contributed by atoms with Crippen LogP contribution in [0.5, 0.6) is 0 Å². The van der Waals surface area contributed by atoms with Gasteiger partial charge in [-0.05, 0) is 30.6 Å². The fraction of sp³-hybridized carbons (Fsp3) is 0.900. The molecular weight excluding hydrogens is 136 g/mol. The molecule has 0 heterocycles. The highest BCUT2D eigenvalue weighted by atomic mass is 16.1. The second kappa shape index (κ2) is 1.70. The molecule has 0 bridgehead atoms. The van der Waals surface area contributed by atoms with Gasteiger partial charge in [-0.3, -0.25) is 4.79 Å². The van der Waals surface area contributed by atoms with E-state index in [1.165, 1.54) is 32.1 Å². The molecule has 0 radical (unpaired) electrons. The zero-order valence-electron chi connectivity index (χ0n) is 6.81. The van der Waals surface area contributed by atoms with Crippen molar-refractivity contribution in [2.24, 2.45) is 17.3 Å². The maximum Gasteiger partial charge on any atom is 0.136 e. The maximum atomic E-state index is 11.4. The number of Topliss-reactive ketones (excluding diaryl/α,β-unsaturated/α-hetero) is 1. The first-order valence-electron chi connectivity index (χ1n) is 4.87. The lowest BCUT2D eigenvalue weighted by molar-refractivity contribution is -0.120. The van der Waals surface area contributed by atoms with Crippen molar-refractivity contribution in [2.45, 2.75) is 38.5 Å². The lowest BCUT2D eigenvalue weighted by Crippen LogP contribution is -2.08. The van der Waals surface area contributed by atoms with Gasteiger partial charge in [-0.25, -0.2) is 0 Å². The average molecular weight is 150 g/mol. The minimum atomic E-state index is 0.546. The number of carbonyl (C=O) groups is 1. The highest BCUT2D eigenvalue weighted by Crippen LogP contribution is 2.72. The summed E-state index contributed by atoms with van der Waals surface area (Å²) in [4.78, 5) is 11.4. The first-order valence-corrected chi connectivity index (χ1v) is 4.87. The van der Waals surface area contributed by atoms with Crippen LogP contribution in [0.3, 0.4) is 0 Å². The van der Waals surface area contributed by atoms with Gasteiger partial charge in [0.15, 0.2) is 0 Å². The quantitative estimate of drug-likeness (QED) is 0.517. The Balaban J connectivity index is 1.90. The van der Waals surface area contributed by atoms with Crippen molar-refractivity contribution in [2.75, 3.05) is 0 Å². The van der Waals surface area contributed by atoms with Gasteiger partial charge in [0, 0.05) is 12.3 Å². The van der Waals surface area contributed by atoms with Gasteiger partial charge >= 0.3 is 0 Å². The summed E-state index contributed by atoms with van der Waals surface area (Å²) in [6, 6.07) is 0. The zero-order chi connectivity index (χ0) is 7.47. The van der Waals surface area contributed by atoms with E-state index in [1.807, 2.05) is 0 Å². The minimum absolute atomic E-state index is 0.546. The molecule has 2 unspecified atom stereocenters. The van der Waals surface area contributed by atoms with Crippen molar-refractivity contribution < 1.29 is 4.79 Å². The van der Waals surface area contributed by atoms with Gasteiger partial charge in [0.1, 0.15) is 5.78 Å². The monoisotopic (exact) mass is 150 g/mol. The van der Waals surface area contributed by atoms with Crippen LogP contribution >= 0.6 is 0 Å². The van der Waals surface area contributed by atoms with E-state index in [-0.39, 0.29) is 0 Å². The number of hydrogen-bond acceptors (Lipinski definition) is 1. The summed E-state index contributed by atoms with van der Waals surface area (Å²) in [6.45, 7) is 0. The molecule has 2 atom stereocenters. The summed E-state index contributed by atoms with van der Waals surface area (Å²) in [5.41, 5.74) is 0.579. The Hall–Kier alpha value is -0.330. The van der Waals surface area contributed by atoms with Gasteiger partial charge in [-0.2, -0.15) is 0 Å². The molecule has 3 rings (SSSR count). The largest absolute Gasteiger partial charge is 0.299 e. The Morgan fingerprint density at radius 2 is 2.00 bits per heavy atom. The Labute approximate surface area is 67.2 Å². The molecule has 1 nitrogen and oxygen atoms in total. The molecule has 0 aromatic carbocycles. The molecule has 0 aromatic heterocycles. The first kappa shape index (κ1) is 6.22. The SMILES string of the molecule is O=C1CCC2C1C21CCCC1. The first-order chi connectivity index (χ1) is 5.34. The Bertz CT molecular complexity index is 213. The molecule has 0 aliphatic heterocycles. The van der Waals surface area contributed by atoms with E-state index in [2.05, 4.69) is 0 Å². The van der Waals surface area contributed by atoms with E-state index in [0.29, 0.717) is 17.1 Å². The fourth-order valence-electron chi connectivity index (χ4n) is 3.74. The zero-order valence-corrected chi connectivity index (χ0v) is 6.81. The molecule has 1 spiro atoms. The van der Waals surface area contributed by atoms with Gasteiger partial charge in [0.05, 0.1) is 0 Å². The third kappa shape index (κ3) is 0.567. The van der Waals surface area contributed by atoms with E-state index in [9.17, 15) is 4.79 Å². The smallest absolute Gasteiger partial charge is 0.136 e. The molecule has 0 N–H and O–H groups in total. The molecule has 1 heteroatoms. The van der Waals surface area contributed by atoms with Crippen molar-refractivity contribution in [1.29, 1.82) is 0 Å². The lowest BCUT2D eigenvalue weighted by atomic mass is 9.94. The number of ketones is 1. The normalized spacial score (nSPS) is 44.9. The fourth-order valence-corrected chi connectivity index (χ4v) is 3.74. The van der Waals surface area contributed by atoms with Crippen LogP contribution in [0.25, 0.3) is 0 Å². The predicted molar refractivity (Wildman–Crippen MR) is 42.1 cm³/mol. The van der Waals surface area contributed by atoms with Crippen molar-refractivity contribution in [3.05, 3.63) is 0 Å². The van der Waals surface area contributed by atoms with Crippen molar-refractivity contribution in [3.8, 4) is 0 Å². The second-order valence-corrected chi connectivity index (χ2v) is 4.53. The lowest BCUT2D eigenvalue weighted by Gasteiger charge is -2.10. The highest BCUT2D eigenvalue weighted by molar-refractivity contribution is 5.88. The molecule has 3 saturated carbocycles. The Morgan fingerprint density at radius 3 is 2.55 bits per heavy atom. The van der Waals surface area contributed by atoms with Gasteiger partial charge < -0.3 is 0 Å². The molecule has 0 aromatic rings. The third-order valence-corrected chi connectivity index (χ3v) is 4.23. The molecule has 0 saturated heterocycles. The minimum Gasteiger partial charge on any atom is -0.299 e. The van der Waals surface area contributed by atoms with E-state index < -0.39 is 0 Å². The summed E-state index contributed by atoms with van der Waals surface area (Å²) in [6.07, 6.45) is 7.64. The predicted octanol–water partition coefficient (Wildman–Crippen LogP) is 2.16. The maximum absolute atomic E-state index is 11.4. The van der Waals surface area contributed by atoms with Crippen LogP contribution in [-0.4, -0.2) is 5.78 Å². The number of hydrogen-bond donors (Lipinski definition) is 0. The van der Waals surface area contributed by atoms with E-state index >= 15 is 0 Å². The average Bonchev–Trinajstić information content (AvgIpc) is 2.30. The van der Waals surface area contributed by atoms with Crippen LogP contribution in [0.1, 0.15) is 38.5 Å². The van der Waals surface area contributed by atoms with Gasteiger partial charge in [0.2, 0.25) is 0 Å². The van der Waals surface area contributed by atoms with Crippen LogP contribution in [-0.2, 0) is 4.79 Å². The van der Waals surface area contributed by atoms with Crippen LogP contribution in [0.4, 0.5) is 0 Å². The van der Waals surface area contributed by atoms with Crippen molar-refractivity contribution in [1.82, 2.24) is 0 Å².